The lowest BCUT2D eigenvalue weighted by Crippen LogP contribution is -2.22. The monoisotopic (exact) mass is 139 g/mol. The maximum Gasteiger partial charge on any atom is 0.410 e. The van der Waals surface area contributed by atoms with Crippen molar-refractivity contribution in [2.24, 2.45) is 0 Å². The van der Waals surface area contributed by atoms with E-state index in [1.807, 2.05) is 0 Å². The summed E-state index contributed by atoms with van der Waals surface area (Å²) in [6.45, 7) is 0. The van der Waals surface area contributed by atoms with Gasteiger partial charge in [0.15, 0.2) is 4.45 Å². The average molecular weight is 140 g/mol. The van der Waals surface area contributed by atoms with E-state index < -0.39 is 6.09 Å². The Labute approximate surface area is 50.3 Å². The van der Waals surface area contributed by atoms with Gasteiger partial charge in [-0.1, -0.05) is 11.6 Å². The molecule has 3 nitrogen and oxygen atoms in total. The lowest BCUT2D eigenvalue weighted by molar-refractivity contribution is 0.200. The van der Waals surface area contributed by atoms with Gasteiger partial charge in [0.2, 0.25) is 0 Å². The van der Waals surface area contributed by atoms with Crippen LogP contribution in [-0.4, -0.2) is 15.6 Å². The molecule has 0 aliphatic heterocycles. The zero-order chi connectivity index (χ0) is 5.86. The Morgan fingerprint density at radius 2 is 2.29 bits per heavy atom. The van der Waals surface area contributed by atoms with E-state index in [1.165, 1.54) is 0 Å². The summed E-state index contributed by atoms with van der Waals surface area (Å²) in [4.78, 5) is 9.53. The number of nitrogens with one attached hydrogen (secondary N) is 1. The fraction of sp³-hybridized carbons (Fsp3) is 0. The number of halogens is 1. The second-order valence-electron chi connectivity index (χ2n) is 0.704. The largest absolute Gasteiger partial charge is 0.465 e. The van der Waals surface area contributed by atoms with Crippen molar-refractivity contribution in [2.75, 3.05) is 0 Å². The van der Waals surface area contributed by atoms with Crippen LogP contribution in [0.4, 0.5) is 4.79 Å². The minimum Gasteiger partial charge on any atom is -0.465 e. The molecule has 0 atom stereocenters. The first kappa shape index (κ1) is 6.65. The molecule has 0 radical (unpaired) electrons. The second kappa shape index (κ2) is 2.76. The van der Waals surface area contributed by atoms with Crippen molar-refractivity contribution < 1.29 is 9.90 Å². The van der Waals surface area contributed by atoms with Gasteiger partial charge in [0, 0.05) is 0 Å². The first-order valence-corrected chi connectivity index (χ1v) is 2.11. The highest BCUT2D eigenvalue weighted by atomic mass is 35.5. The number of amides is 1. The highest BCUT2D eigenvalue weighted by Gasteiger charge is 1.92. The van der Waals surface area contributed by atoms with Crippen LogP contribution in [0.1, 0.15) is 0 Å². The molecule has 7 heavy (non-hydrogen) atoms. The van der Waals surface area contributed by atoms with Crippen LogP contribution in [0.5, 0.6) is 0 Å². The molecule has 0 unspecified atom stereocenters. The topological polar surface area (TPSA) is 49.3 Å². The van der Waals surface area contributed by atoms with E-state index in [0.717, 1.165) is 0 Å². The van der Waals surface area contributed by atoms with E-state index >= 15 is 0 Å². The Morgan fingerprint density at radius 1 is 1.86 bits per heavy atom. The zero-order valence-electron chi connectivity index (χ0n) is 3.14. The number of carbonyl (C=O) groups is 1. The van der Waals surface area contributed by atoms with Crippen molar-refractivity contribution in [3.05, 3.63) is 0 Å². The lowest BCUT2D eigenvalue weighted by atomic mass is 11.1. The summed E-state index contributed by atoms with van der Waals surface area (Å²) in [6, 6.07) is 0. The minimum atomic E-state index is -1.24. The van der Waals surface area contributed by atoms with Crippen LogP contribution in [0.15, 0.2) is 0 Å². The zero-order valence-corrected chi connectivity index (χ0v) is 4.71. The number of carboxylic acid groups (broad SMARTS) is 1. The normalized spacial score (nSPS) is 7.57. The fourth-order valence-corrected chi connectivity index (χ4v) is 0.252. The quantitative estimate of drug-likeness (QED) is 0.296. The predicted molar refractivity (Wildman–Crippen MR) is 29.6 cm³/mol. The molecule has 0 bridgehead atoms. The first-order chi connectivity index (χ1) is 3.13. The molecule has 0 heterocycles. The molecular weight excluding hydrogens is 138 g/mol. The molecule has 0 aliphatic rings. The van der Waals surface area contributed by atoms with Gasteiger partial charge in [-0.25, -0.2) is 4.79 Å². The third-order valence-electron chi connectivity index (χ3n) is 0.205. The van der Waals surface area contributed by atoms with E-state index in [1.54, 1.807) is 5.32 Å². The summed E-state index contributed by atoms with van der Waals surface area (Å²) in [7, 11) is 0. The van der Waals surface area contributed by atoms with E-state index in [2.05, 4.69) is 12.2 Å². The van der Waals surface area contributed by atoms with Crippen molar-refractivity contribution in [2.45, 2.75) is 0 Å². The predicted octanol–water partition coefficient (Wildman–Crippen LogP) is 0.778. The highest BCUT2D eigenvalue weighted by Crippen LogP contribution is 1.75. The van der Waals surface area contributed by atoms with Crippen molar-refractivity contribution >= 4 is 34.4 Å². The molecule has 40 valence electrons. The number of rotatable bonds is 0. The van der Waals surface area contributed by atoms with Gasteiger partial charge in [-0.2, -0.15) is 0 Å². The van der Waals surface area contributed by atoms with Gasteiger partial charge in [0.1, 0.15) is 0 Å². The lowest BCUT2D eigenvalue weighted by Gasteiger charge is -1.87. The summed E-state index contributed by atoms with van der Waals surface area (Å²) in [5.74, 6) is 0. The molecule has 0 spiro atoms. The third-order valence-corrected chi connectivity index (χ3v) is 0.402. The van der Waals surface area contributed by atoms with Crippen molar-refractivity contribution in [3.63, 3.8) is 0 Å². The van der Waals surface area contributed by atoms with Crippen molar-refractivity contribution in [3.8, 4) is 0 Å². The van der Waals surface area contributed by atoms with Crippen LogP contribution in [0.3, 0.4) is 0 Å². The SMILES string of the molecule is O=C(O)NC(=S)Cl. The molecule has 1 amide bonds. The number of hydrogen-bond donors (Lipinski definition) is 2. The van der Waals surface area contributed by atoms with Gasteiger partial charge in [0.25, 0.3) is 0 Å². The Morgan fingerprint density at radius 3 is 2.29 bits per heavy atom. The Bertz CT molecular complexity index is 91.9. The molecular formula is C2H2ClNO2S. The van der Waals surface area contributed by atoms with E-state index in [4.69, 9.17) is 16.7 Å². The van der Waals surface area contributed by atoms with E-state index in [9.17, 15) is 4.79 Å². The molecule has 0 fully saturated rings. The molecule has 5 heteroatoms. The van der Waals surface area contributed by atoms with Gasteiger partial charge < -0.3 is 5.11 Å². The van der Waals surface area contributed by atoms with Gasteiger partial charge in [0.05, 0.1) is 0 Å². The first-order valence-electron chi connectivity index (χ1n) is 1.32. The Balaban J connectivity index is 3.32. The molecule has 0 saturated carbocycles. The third kappa shape index (κ3) is 5.65. The minimum absolute atomic E-state index is 0.257. The maximum atomic E-state index is 9.53. The fourth-order valence-electron chi connectivity index (χ4n) is 0.0841. The molecule has 0 aromatic heterocycles. The standard InChI is InChI=1S/C2H2ClNO2S/c3-1(7)4-2(5)6/h(H,4,7)(H,5,6). The van der Waals surface area contributed by atoms with Crippen LogP contribution in [0.2, 0.25) is 0 Å². The second-order valence-corrected chi connectivity index (χ2v) is 1.71. The summed E-state index contributed by atoms with van der Waals surface area (Å²) >= 11 is 9.06. The molecule has 0 aliphatic carbocycles. The molecule has 0 aromatic rings. The van der Waals surface area contributed by atoms with Crippen LogP contribution >= 0.6 is 23.8 Å². The van der Waals surface area contributed by atoms with Gasteiger partial charge in [-0.3, -0.25) is 5.32 Å². The van der Waals surface area contributed by atoms with Crippen molar-refractivity contribution in [1.82, 2.24) is 5.32 Å². The van der Waals surface area contributed by atoms with Crippen LogP contribution in [0, 0.1) is 0 Å². The smallest absolute Gasteiger partial charge is 0.410 e. The summed E-state index contributed by atoms with van der Waals surface area (Å²) in [5, 5.41) is 9.52. The van der Waals surface area contributed by atoms with Gasteiger partial charge in [-0.05, 0) is 12.2 Å². The van der Waals surface area contributed by atoms with Crippen LogP contribution < -0.4 is 5.32 Å². The summed E-state index contributed by atoms with van der Waals surface area (Å²) in [5.41, 5.74) is 0. The molecule has 0 aromatic carbocycles. The van der Waals surface area contributed by atoms with Crippen molar-refractivity contribution in [1.29, 1.82) is 0 Å². The van der Waals surface area contributed by atoms with Crippen LogP contribution in [-0.2, 0) is 0 Å². The molecule has 0 saturated heterocycles. The highest BCUT2D eigenvalue weighted by molar-refractivity contribution is 7.83. The molecule has 0 rings (SSSR count). The summed E-state index contributed by atoms with van der Waals surface area (Å²) < 4.78 is -0.257. The van der Waals surface area contributed by atoms with Gasteiger partial charge in [-0.15, -0.1) is 0 Å². The summed E-state index contributed by atoms with van der Waals surface area (Å²) in [6.07, 6.45) is -1.24. The molecule has 2 N–H and O–H groups in total. The Kier molecular flexibility index (Phi) is 2.62. The van der Waals surface area contributed by atoms with E-state index in [0.29, 0.717) is 0 Å². The van der Waals surface area contributed by atoms with E-state index in [-0.39, 0.29) is 4.45 Å². The maximum absolute atomic E-state index is 9.53. The number of thiocarbonyl (C=S) groups is 1. The Hall–Kier alpha value is -0.350. The number of hydrogen-bond acceptors (Lipinski definition) is 2. The van der Waals surface area contributed by atoms with Gasteiger partial charge >= 0.3 is 6.09 Å². The average Bonchev–Trinajstić information content (AvgIpc) is 1.27. The van der Waals surface area contributed by atoms with Crippen LogP contribution in [0.25, 0.3) is 0 Å².